The Morgan fingerprint density at radius 3 is 2.71 bits per heavy atom. The first kappa shape index (κ1) is 15.7. The van der Waals surface area contributed by atoms with Crippen LogP contribution in [0.3, 0.4) is 0 Å². The molecule has 0 bridgehead atoms. The molecule has 116 valence electrons. The highest BCUT2D eigenvalue weighted by Gasteiger charge is 2.18. The SMILES string of the molecule is CC(C)n1cc(S(=O)(=O)NCCn2ccnc2)cc1CO. The van der Waals surface area contributed by atoms with Crippen molar-refractivity contribution < 1.29 is 13.5 Å². The van der Waals surface area contributed by atoms with Crippen molar-refractivity contribution in [2.24, 2.45) is 0 Å². The number of sulfonamides is 1. The average molecular weight is 312 g/mol. The van der Waals surface area contributed by atoms with Crippen LogP contribution in [0.1, 0.15) is 25.6 Å². The molecule has 0 aromatic carbocycles. The van der Waals surface area contributed by atoms with Crippen LogP contribution in [-0.4, -0.2) is 34.2 Å². The third kappa shape index (κ3) is 3.72. The van der Waals surface area contributed by atoms with Gasteiger partial charge in [-0.3, -0.25) is 0 Å². The van der Waals surface area contributed by atoms with Crippen LogP contribution in [0.2, 0.25) is 0 Å². The molecule has 7 nitrogen and oxygen atoms in total. The molecule has 0 unspecified atom stereocenters. The van der Waals surface area contributed by atoms with E-state index in [4.69, 9.17) is 0 Å². The van der Waals surface area contributed by atoms with Crippen molar-refractivity contribution in [3.63, 3.8) is 0 Å². The minimum Gasteiger partial charge on any atom is -0.390 e. The molecule has 0 saturated heterocycles. The maximum atomic E-state index is 12.2. The first-order valence-corrected chi connectivity index (χ1v) is 8.19. The number of rotatable bonds is 7. The molecule has 2 aromatic rings. The van der Waals surface area contributed by atoms with Gasteiger partial charge in [-0.25, -0.2) is 18.1 Å². The second-order valence-electron chi connectivity index (χ2n) is 5.02. The first-order valence-electron chi connectivity index (χ1n) is 6.71. The van der Waals surface area contributed by atoms with E-state index >= 15 is 0 Å². The van der Waals surface area contributed by atoms with E-state index in [0.717, 1.165) is 0 Å². The largest absolute Gasteiger partial charge is 0.390 e. The monoisotopic (exact) mass is 312 g/mol. The summed E-state index contributed by atoms with van der Waals surface area (Å²) in [6.07, 6.45) is 6.60. The summed E-state index contributed by atoms with van der Waals surface area (Å²) >= 11 is 0. The molecule has 0 aliphatic carbocycles. The number of aromatic nitrogens is 3. The fraction of sp³-hybridized carbons (Fsp3) is 0.462. The second kappa shape index (κ2) is 6.42. The molecule has 2 aromatic heterocycles. The molecule has 2 rings (SSSR count). The molecule has 2 heterocycles. The van der Waals surface area contributed by atoms with Crippen LogP contribution >= 0.6 is 0 Å². The fourth-order valence-electron chi connectivity index (χ4n) is 2.06. The minimum absolute atomic E-state index is 0.0852. The van der Waals surface area contributed by atoms with Crippen LogP contribution in [0.5, 0.6) is 0 Å². The average Bonchev–Trinajstić information content (AvgIpc) is 3.07. The van der Waals surface area contributed by atoms with Crippen molar-refractivity contribution in [3.05, 3.63) is 36.7 Å². The quantitative estimate of drug-likeness (QED) is 0.789. The Morgan fingerprint density at radius 2 is 2.19 bits per heavy atom. The number of imidazole rings is 1. The van der Waals surface area contributed by atoms with Gasteiger partial charge in [-0.15, -0.1) is 0 Å². The lowest BCUT2D eigenvalue weighted by Gasteiger charge is -2.10. The van der Waals surface area contributed by atoms with Crippen molar-refractivity contribution >= 4 is 10.0 Å². The third-order valence-electron chi connectivity index (χ3n) is 3.16. The number of nitrogens with zero attached hydrogens (tertiary/aromatic N) is 3. The van der Waals surface area contributed by atoms with E-state index in [1.807, 2.05) is 13.8 Å². The van der Waals surface area contributed by atoms with E-state index in [9.17, 15) is 13.5 Å². The van der Waals surface area contributed by atoms with Crippen LogP contribution < -0.4 is 4.72 Å². The summed E-state index contributed by atoms with van der Waals surface area (Å²) in [4.78, 5) is 4.07. The summed E-state index contributed by atoms with van der Waals surface area (Å²) in [6.45, 7) is 4.46. The van der Waals surface area contributed by atoms with Crippen molar-refractivity contribution in [3.8, 4) is 0 Å². The predicted molar refractivity (Wildman–Crippen MR) is 78.2 cm³/mol. The molecule has 0 atom stereocenters. The summed E-state index contributed by atoms with van der Waals surface area (Å²) < 4.78 is 30.6. The number of aliphatic hydroxyl groups is 1. The first-order chi connectivity index (χ1) is 9.94. The van der Waals surface area contributed by atoms with Crippen LogP contribution in [0, 0.1) is 0 Å². The van der Waals surface area contributed by atoms with Gasteiger partial charge in [-0.05, 0) is 19.9 Å². The lowest BCUT2D eigenvalue weighted by atomic mass is 10.3. The van der Waals surface area contributed by atoms with Gasteiger partial charge in [-0.2, -0.15) is 0 Å². The Hall–Kier alpha value is -1.64. The molecular weight excluding hydrogens is 292 g/mol. The normalized spacial score (nSPS) is 12.2. The Balaban J connectivity index is 2.08. The van der Waals surface area contributed by atoms with Crippen molar-refractivity contribution in [2.75, 3.05) is 6.54 Å². The molecule has 0 aliphatic heterocycles. The Morgan fingerprint density at radius 1 is 1.43 bits per heavy atom. The zero-order chi connectivity index (χ0) is 15.5. The van der Waals surface area contributed by atoms with Gasteiger partial charge in [0.25, 0.3) is 0 Å². The van der Waals surface area contributed by atoms with Crippen molar-refractivity contribution in [1.82, 2.24) is 18.8 Å². The third-order valence-corrected chi connectivity index (χ3v) is 4.58. The highest BCUT2D eigenvalue weighted by Crippen LogP contribution is 2.18. The lowest BCUT2D eigenvalue weighted by Crippen LogP contribution is -2.27. The topological polar surface area (TPSA) is 89.2 Å². The van der Waals surface area contributed by atoms with Crippen LogP contribution in [0.25, 0.3) is 0 Å². The van der Waals surface area contributed by atoms with Crippen LogP contribution in [-0.2, 0) is 23.2 Å². The van der Waals surface area contributed by atoms with Crippen molar-refractivity contribution in [2.45, 2.75) is 37.9 Å². The Kier molecular flexibility index (Phi) is 4.81. The lowest BCUT2D eigenvalue weighted by molar-refractivity contribution is 0.268. The van der Waals surface area contributed by atoms with Gasteiger partial charge in [0.2, 0.25) is 10.0 Å². The van der Waals surface area contributed by atoms with Gasteiger partial charge in [0.1, 0.15) is 0 Å². The highest BCUT2D eigenvalue weighted by molar-refractivity contribution is 7.89. The fourth-order valence-corrected chi connectivity index (χ4v) is 3.13. The van der Waals surface area contributed by atoms with E-state index in [1.165, 1.54) is 6.07 Å². The molecule has 2 N–H and O–H groups in total. The Bertz CT molecular complexity index is 674. The summed E-state index contributed by atoms with van der Waals surface area (Å²) in [5, 5.41) is 9.30. The number of nitrogens with one attached hydrogen (secondary N) is 1. The van der Waals surface area contributed by atoms with Crippen LogP contribution in [0.4, 0.5) is 0 Å². The van der Waals surface area contributed by atoms with E-state index in [1.54, 1.807) is 34.1 Å². The zero-order valence-corrected chi connectivity index (χ0v) is 12.9. The van der Waals surface area contributed by atoms with Crippen molar-refractivity contribution in [1.29, 1.82) is 0 Å². The van der Waals surface area contributed by atoms with Gasteiger partial charge in [0.15, 0.2) is 0 Å². The van der Waals surface area contributed by atoms with Gasteiger partial charge in [0.05, 0.1) is 17.8 Å². The maximum Gasteiger partial charge on any atom is 0.242 e. The van der Waals surface area contributed by atoms with Gasteiger partial charge < -0.3 is 14.2 Å². The molecule has 0 fully saturated rings. The molecule has 8 heteroatoms. The smallest absolute Gasteiger partial charge is 0.242 e. The number of hydrogen-bond donors (Lipinski definition) is 2. The molecule has 0 aliphatic rings. The van der Waals surface area contributed by atoms with Gasteiger partial charge >= 0.3 is 0 Å². The zero-order valence-electron chi connectivity index (χ0n) is 12.1. The van der Waals surface area contributed by atoms with Crippen LogP contribution in [0.15, 0.2) is 35.9 Å². The molecule has 0 saturated carbocycles. The summed E-state index contributed by atoms with van der Waals surface area (Å²) in [5.74, 6) is 0. The summed E-state index contributed by atoms with van der Waals surface area (Å²) in [7, 11) is -3.57. The summed E-state index contributed by atoms with van der Waals surface area (Å²) in [6, 6.07) is 1.58. The predicted octanol–water partition coefficient (Wildman–Crippen LogP) is 0.736. The molecular formula is C13H20N4O3S. The number of hydrogen-bond acceptors (Lipinski definition) is 4. The van der Waals surface area contributed by atoms with E-state index in [-0.39, 0.29) is 24.1 Å². The highest BCUT2D eigenvalue weighted by atomic mass is 32.2. The van der Waals surface area contributed by atoms with E-state index in [2.05, 4.69) is 9.71 Å². The van der Waals surface area contributed by atoms with E-state index < -0.39 is 10.0 Å². The maximum absolute atomic E-state index is 12.2. The van der Waals surface area contributed by atoms with Gasteiger partial charge in [0, 0.05) is 43.4 Å². The molecule has 0 amide bonds. The molecule has 0 spiro atoms. The van der Waals surface area contributed by atoms with E-state index in [0.29, 0.717) is 12.2 Å². The Labute approximate surface area is 124 Å². The number of aliphatic hydroxyl groups excluding tert-OH is 1. The minimum atomic E-state index is -3.57. The molecule has 21 heavy (non-hydrogen) atoms. The standard InChI is InChI=1S/C13H20N4O3S/c1-11(2)17-8-13(7-12(17)9-18)21(19,20)15-4-6-16-5-3-14-10-16/h3,5,7-8,10-11,15,18H,4,6,9H2,1-2H3. The summed E-state index contributed by atoms with van der Waals surface area (Å²) in [5.41, 5.74) is 0.583. The molecule has 0 radical (unpaired) electrons. The second-order valence-corrected chi connectivity index (χ2v) is 6.79. The van der Waals surface area contributed by atoms with Gasteiger partial charge in [-0.1, -0.05) is 0 Å².